The fourth-order valence-corrected chi connectivity index (χ4v) is 3.87. The van der Waals surface area contributed by atoms with Gasteiger partial charge in [0.05, 0.1) is 16.6 Å². The number of carbonyl (C=O) groups excluding carboxylic acids is 1. The van der Waals surface area contributed by atoms with Gasteiger partial charge in [-0.15, -0.1) is 0 Å². The van der Waals surface area contributed by atoms with Gasteiger partial charge in [-0.3, -0.25) is 4.79 Å². The van der Waals surface area contributed by atoms with Gasteiger partial charge in [0.25, 0.3) is 5.91 Å². The normalized spacial score (nSPS) is 19.4. The van der Waals surface area contributed by atoms with Crippen molar-refractivity contribution in [2.45, 2.75) is 24.5 Å². The maximum absolute atomic E-state index is 13.8. The van der Waals surface area contributed by atoms with Crippen molar-refractivity contribution in [2.24, 2.45) is 0 Å². The van der Waals surface area contributed by atoms with Crippen molar-refractivity contribution in [3.8, 4) is 0 Å². The third-order valence-electron chi connectivity index (χ3n) is 4.07. The van der Waals surface area contributed by atoms with E-state index in [-0.39, 0.29) is 5.91 Å². The first-order valence-electron chi connectivity index (χ1n) is 7.32. The number of imidazole rings is 1. The molecule has 4 nitrogen and oxygen atoms in total. The highest BCUT2D eigenvalue weighted by Crippen LogP contribution is 2.24. The number of aromatic amines is 2. The fraction of sp³-hybridized carbons (Fsp3) is 0.467. The van der Waals surface area contributed by atoms with Crippen LogP contribution in [0.25, 0.3) is 11.0 Å². The van der Waals surface area contributed by atoms with Crippen molar-refractivity contribution in [3.05, 3.63) is 28.3 Å². The topological polar surface area (TPSA) is 51.9 Å². The van der Waals surface area contributed by atoms with Gasteiger partial charge in [0.2, 0.25) is 0 Å². The van der Waals surface area contributed by atoms with Gasteiger partial charge >= 0.3 is 0 Å². The van der Waals surface area contributed by atoms with Gasteiger partial charge in [-0.25, -0.2) is 4.39 Å². The van der Waals surface area contributed by atoms with E-state index in [0.717, 1.165) is 25.8 Å². The fourth-order valence-electron chi connectivity index (χ4n) is 2.93. The third kappa shape index (κ3) is 3.05. The average Bonchev–Trinajstić information content (AvgIpc) is 2.72. The Balaban J connectivity index is 1.99. The van der Waals surface area contributed by atoms with Crippen LogP contribution >= 0.6 is 24.0 Å². The molecule has 1 aromatic heterocycles. The largest absolute Gasteiger partial charge is 0.337 e. The quantitative estimate of drug-likeness (QED) is 0.820. The standard InChI is InChI=1S/C15H18FN3OS2/c1-22-10-4-2-3-5-19(8-10)14(20)11-6-9(16)7-12-13(11)18-15(21)17-12/h6-7,10H,2-5,8H2,1H3,(H2,17,18,21). The van der Waals surface area contributed by atoms with Crippen LogP contribution in [0.4, 0.5) is 4.39 Å². The lowest BCUT2D eigenvalue weighted by atomic mass is 10.1. The van der Waals surface area contributed by atoms with Crippen LogP contribution in [0.3, 0.4) is 0 Å². The minimum absolute atomic E-state index is 0.129. The number of likely N-dealkylation sites (tertiary alicyclic amines) is 1. The van der Waals surface area contributed by atoms with E-state index in [4.69, 9.17) is 12.2 Å². The van der Waals surface area contributed by atoms with Gasteiger partial charge in [-0.2, -0.15) is 11.8 Å². The summed E-state index contributed by atoms with van der Waals surface area (Å²) in [6.45, 7) is 1.43. The SMILES string of the molecule is CSC1CCCCN(C(=O)c2cc(F)cc3[nH]c(=S)[nH]c23)C1. The number of nitrogens with zero attached hydrogens (tertiary/aromatic N) is 1. The Morgan fingerprint density at radius 2 is 2.23 bits per heavy atom. The molecule has 3 rings (SSSR count). The van der Waals surface area contributed by atoms with E-state index in [1.807, 2.05) is 4.90 Å². The highest BCUT2D eigenvalue weighted by molar-refractivity contribution is 7.99. The van der Waals surface area contributed by atoms with Crippen LogP contribution in [-0.4, -0.2) is 45.4 Å². The molecule has 1 saturated heterocycles. The van der Waals surface area contributed by atoms with E-state index < -0.39 is 5.82 Å². The number of amides is 1. The molecule has 2 aromatic rings. The van der Waals surface area contributed by atoms with Gasteiger partial charge in [-0.05, 0) is 43.4 Å². The number of aromatic nitrogens is 2. The number of hydrogen-bond acceptors (Lipinski definition) is 3. The number of nitrogens with one attached hydrogen (secondary N) is 2. The molecule has 0 spiro atoms. The minimum Gasteiger partial charge on any atom is -0.337 e. The molecule has 1 aromatic carbocycles. The van der Waals surface area contributed by atoms with Crippen molar-refractivity contribution < 1.29 is 9.18 Å². The summed E-state index contributed by atoms with van der Waals surface area (Å²) >= 11 is 6.84. The summed E-state index contributed by atoms with van der Waals surface area (Å²) in [6, 6.07) is 2.65. The molecule has 2 N–H and O–H groups in total. The lowest BCUT2D eigenvalue weighted by molar-refractivity contribution is 0.0765. The molecule has 0 radical (unpaired) electrons. The monoisotopic (exact) mass is 339 g/mol. The zero-order chi connectivity index (χ0) is 15.7. The summed E-state index contributed by atoms with van der Waals surface area (Å²) in [4.78, 5) is 20.5. The van der Waals surface area contributed by atoms with Crippen molar-refractivity contribution in [2.75, 3.05) is 19.3 Å². The predicted octanol–water partition coefficient (Wildman–Crippen LogP) is 3.72. The summed E-state index contributed by atoms with van der Waals surface area (Å²) in [5, 5.41) is 0.445. The van der Waals surface area contributed by atoms with Gasteiger partial charge in [-0.1, -0.05) is 6.42 Å². The third-order valence-corrected chi connectivity index (χ3v) is 5.32. The van der Waals surface area contributed by atoms with Crippen molar-refractivity contribution in [1.29, 1.82) is 0 Å². The second kappa shape index (κ2) is 6.42. The highest BCUT2D eigenvalue weighted by Gasteiger charge is 2.24. The molecule has 22 heavy (non-hydrogen) atoms. The van der Waals surface area contributed by atoms with E-state index in [1.54, 1.807) is 11.8 Å². The van der Waals surface area contributed by atoms with Crippen molar-refractivity contribution in [1.82, 2.24) is 14.9 Å². The number of benzene rings is 1. The van der Waals surface area contributed by atoms with E-state index in [2.05, 4.69) is 16.2 Å². The molecule has 1 aliphatic heterocycles. The summed E-state index contributed by atoms with van der Waals surface area (Å²) in [5.74, 6) is -0.562. The Morgan fingerprint density at radius 3 is 3.00 bits per heavy atom. The van der Waals surface area contributed by atoms with E-state index in [0.29, 0.717) is 33.2 Å². The van der Waals surface area contributed by atoms with E-state index in [9.17, 15) is 9.18 Å². The molecular formula is C15H18FN3OS2. The Morgan fingerprint density at radius 1 is 1.41 bits per heavy atom. The summed E-state index contributed by atoms with van der Waals surface area (Å²) < 4.78 is 14.2. The molecule has 0 saturated carbocycles. The molecule has 1 amide bonds. The second-order valence-electron chi connectivity index (χ2n) is 5.56. The molecule has 1 aliphatic rings. The minimum atomic E-state index is -0.433. The molecule has 1 atom stereocenters. The Hall–Kier alpha value is -1.34. The van der Waals surface area contributed by atoms with Crippen LogP contribution in [0.15, 0.2) is 12.1 Å². The summed E-state index contributed by atoms with van der Waals surface area (Å²) in [7, 11) is 0. The maximum Gasteiger partial charge on any atom is 0.256 e. The van der Waals surface area contributed by atoms with E-state index in [1.165, 1.54) is 12.1 Å². The molecule has 2 heterocycles. The lowest BCUT2D eigenvalue weighted by Gasteiger charge is -2.24. The predicted molar refractivity (Wildman–Crippen MR) is 90.5 cm³/mol. The Kier molecular flexibility index (Phi) is 4.54. The number of carbonyl (C=O) groups is 1. The average molecular weight is 339 g/mol. The number of hydrogen-bond donors (Lipinski definition) is 2. The molecule has 0 aliphatic carbocycles. The molecule has 7 heteroatoms. The summed E-state index contributed by atoms with van der Waals surface area (Å²) in [5.41, 5.74) is 1.47. The maximum atomic E-state index is 13.8. The number of thioether (sulfide) groups is 1. The zero-order valence-electron chi connectivity index (χ0n) is 12.3. The number of rotatable bonds is 2. The number of halogens is 1. The molecule has 118 valence electrons. The first-order valence-corrected chi connectivity index (χ1v) is 9.01. The molecule has 0 bridgehead atoms. The first-order chi connectivity index (χ1) is 10.6. The number of fused-ring (bicyclic) bond motifs is 1. The van der Waals surface area contributed by atoms with E-state index >= 15 is 0 Å². The number of H-pyrrole nitrogens is 2. The Labute approximate surface area is 137 Å². The zero-order valence-corrected chi connectivity index (χ0v) is 14.0. The van der Waals surface area contributed by atoms with Gasteiger partial charge in [0.15, 0.2) is 4.77 Å². The second-order valence-corrected chi connectivity index (χ2v) is 7.11. The highest BCUT2D eigenvalue weighted by atomic mass is 32.2. The van der Waals surface area contributed by atoms with Crippen LogP contribution < -0.4 is 0 Å². The van der Waals surface area contributed by atoms with Crippen LogP contribution in [0, 0.1) is 10.6 Å². The van der Waals surface area contributed by atoms with Crippen LogP contribution in [0.5, 0.6) is 0 Å². The molecular weight excluding hydrogens is 321 g/mol. The van der Waals surface area contributed by atoms with Crippen LogP contribution in [0.1, 0.15) is 29.6 Å². The van der Waals surface area contributed by atoms with Gasteiger partial charge in [0, 0.05) is 18.3 Å². The lowest BCUT2D eigenvalue weighted by Crippen LogP contribution is -2.35. The van der Waals surface area contributed by atoms with Crippen LogP contribution in [0.2, 0.25) is 0 Å². The van der Waals surface area contributed by atoms with Gasteiger partial charge in [0.1, 0.15) is 5.82 Å². The molecule has 1 unspecified atom stereocenters. The smallest absolute Gasteiger partial charge is 0.256 e. The summed E-state index contributed by atoms with van der Waals surface area (Å²) in [6.07, 6.45) is 5.31. The van der Waals surface area contributed by atoms with Crippen molar-refractivity contribution >= 4 is 40.9 Å². The van der Waals surface area contributed by atoms with Crippen molar-refractivity contribution in [3.63, 3.8) is 0 Å². The van der Waals surface area contributed by atoms with Crippen LogP contribution in [-0.2, 0) is 0 Å². The Bertz CT molecular complexity index is 755. The molecule has 1 fully saturated rings. The van der Waals surface area contributed by atoms with Gasteiger partial charge < -0.3 is 14.9 Å². The first kappa shape index (κ1) is 15.6.